The van der Waals surface area contributed by atoms with E-state index in [4.69, 9.17) is 9.47 Å². The molecule has 0 amide bonds. The monoisotopic (exact) mass is 400 g/mol. The number of aliphatic hydroxyl groups is 2. The fraction of sp³-hybridized carbons (Fsp3) is 0.556. The number of hydrogen-bond acceptors (Lipinski definition) is 9. The minimum absolute atomic E-state index is 0.0197. The van der Waals surface area contributed by atoms with Crippen molar-refractivity contribution in [1.29, 1.82) is 0 Å². The molecule has 1 aromatic rings. The van der Waals surface area contributed by atoms with Crippen molar-refractivity contribution < 1.29 is 39.5 Å². The van der Waals surface area contributed by atoms with Gasteiger partial charge in [-0.1, -0.05) is 0 Å². The molecule has 9 heteroatoms. The molecule has 0 radical (unpaired) electrons. The van der Waals surface area contributed by atoms with E-state index >= 15 is 0 Å². The third-order valence-corrected chi connectivity index (χ3v) is 4.61. The molecule has 0 aliphatic carbocycles. The summed E-state index contributed by atoms with van der Waals surface area (Å²) >= 11 is 4.29. The van der Waals surface area contributed by atoms with Crippen molar-refractivity contribution >= 4 is 24.4 Å². The first-order chi connectivity index (χ1) is 12.7. The Bertz CT molecular complexity index is 692. The number of rotatable bonds is 0. The Morgan fingerprint density at radius 2 is 1.89 bits per heavy atom. The first-order valence-electron chi connectivity index (χ1n) is 8.65. The smallest absolute Gasteiger partial charge is 0.346 e. The molecule has 2 rings (SSSR count). The Kier molecular flexibility index (Phi) is 7.34. The number of thiol groups is 1. The molecule has 0 bridgehead atoms. The normalized spacial score (nSPS) is 28.3. The van der Waals surface area contributed by atoms with Crippen LogP contribution in [0.1, 0.15) is 43.0 Å². The summed E-state index contributed by atoms with van der Waals surface area (Å²) < 4.78 is 10.7. The maximum Gasteiger partial charge on any atom is 0.346 e. The lowest BCUT2D eigenvalue weighted by Gasteiger charge is -2.20. The number of benzene rings is 1. The number of aromatic hydroxyl groups is 2. The molecule has 0 saturated heterocycles. The van der Waals surface area contributed by atoms with E-state index in [0.29, 0.717) is 0 Å². The van der Waals surface area contributed by atoms with Crippen molar-refractivity contribution in [3.05, 3.63) is 17.7 Å². The highest BCUT2D eigenvalue weighted by atomic mass is 32.1. The number of ketones is 1. The Hall–Kier alpha value is -1.97. The lowest BCUT2D eigenvalue weighted by atomic mass is 10.00. The van der Waals surface area contributed by atoms with E-state index < -0.39 is 41.1 Å². The average Bonchev–Trinajstić information content (AvgIpc) is 2.55. The Morgan fingerprint density at radius 1 is 1.19 bits per heavy atom. The van der Waals surface area contributed by atoms with E-state index in [1.807, 2.05) is 0 Å². The zero-order valence-corrected chi connectivity index (χ0v) is 15.8. The predicted octanol–water partition coefficient (Wildman–Crippen LogP) is 1.19. The van der Waals surface area contributed by atoms with E-state index in [1.165, 1.54) is 6.07 Å². The van der Waals surface area contributed by atoms with Gasteiger partial charge in [0, 0.05) is 23.8 Å². The number of hydrogen-bond donors (Lipinski definition) is 5. The number of phenols is 2. The van der Waals surface area contributed by atoms with E-state index in [2.05, 4.69) is 12.6 Å². The molecule has 1 heterocycles. The van der Waals surface area contributed by atoms with Crippen molar-refractivity contribution in [3.63, 3.8) is 0 Å². The second-order valence-electron chi connectivity index (χ2n) is 6.62. The van der Waals surface area contributed by atoms with Crippen LogP contribution in [0.5, 0.6) is 17.2 Å². The Balaban J connectivity index is 2.28. The lowest BCUT2D eigenvalue weighted by molar-refractivity contribution is -0.133. The quantitative estimate of drug-likeness (QED) is 0.324. The summed E-state index contributed by atoms with van der Waals surface area (Å²) in [7, 11) is 0. The molecule has 4 atom stereocenters. The van der Waals surface area contributed by atoms with Crippen LogP contribution in [0.15, 0.2) is 12.1 Å². The molecule has 1 aliphatic rings. The zero-order valence-electron chi connectivity index (χ0n) is 14.9. The van der Waals surface area contributed by atoms with Gasteiger partial charge >= 0.3 is 5.97 Å². The molecular formula is C18H24O8S. The zero-order chi connectivity index (χ0) is 20.1. The minimum Gasteiger partial charge on any atom is -0.508 e. The third-order valence-electron chi connectivity index (χ3n) is 4.22. The van der Waals surface area contributed by atoms with E-state index in [1.54, 1.807) is 6.92 Å². The molecular weight excluding hydrogens is 376 g/mol. The van der Waals surface area contributed by atoms with Crippen molar-refractivity contribution in [2.24, 2.45) is 0 Å². The highest BCUT2D eigenvalue weighted by Crippen LogP contribution is 2.34. The number of ether oxygens (including phenoxy) is 2. The van der Waals surface area contributed by atoms with Crippen LogP contribution in [-0.2, 0) is 9.53 Å². The second kappa shape index (κ2) is 9.29. The molecule has 1 aromatic carbocycles. The van der Waals surface area contributed by atoms with Crippen molar-refractivity contribution in [3.8, 4) is 17.2 Å². The summed E-state index contributed by atoms with van der Waals surface area (Å²) in [5.74, 6) is -2.21. The van der Waals surface area contributed by atoms with Gasteiger partial charge in [0.05, 0.1) is 12.7 Å². The number of cyclic esters (lactones) is 1. The maximum atomic E-state index is 12.4. The number of Topliss-reactive ketones (excluding diaryl/α,β-unsaturated/α-hetero) is 1. The largest absolute Gasteiger partial charge is 0.508 e. The highest BCUT2D eigenvalue weighted by molar-refractivity contribution is 7.81. The van der Waals surface area contributed by atoms with Crippen molar-refractivity contribution in [1.82, 2.24) is 0 Å². The fourth-order valence-corrected chi connectivity index (χ4v) is 3.34. The van der Waals surface area contributed by atoms with Crippen LogP contribution < -0.4 is 4.74 Å². The van der Waals surface area contributed by atoms with Gasteiger partial charge in [-0.15, -0.1) is 0 Å². The van der Waals surface area contributed by atoms with Gasteiger partial charge < -0.3 is 29.9 Å². The van der Waals surface area contributed by atoms with Crippen molar-refractivity contribution in [2.45, 2.75) is 56.2 Å². The summed E-state index contributed by atoms with van der Waals surface area (Å²) in [4.78, 5) is 24.5. The van der Waals surface area contributed by atoms with Gasteiger partial charge in [-0.2, -0.15) is 12.6 Å². The van der Waals surface area contributed by atoms with Crippen LogP contribution in [0.3, 0.4) is 0 Å². The standard InChI is InChI=1S/C18H24O8S/c1-9-5-11(27)8-14(22)17(23)12(20)3-2-4-25-15-7-10(19)6-13(21)16(15)18(24)26-9/h6-7,9,11-12,17,19-21,23,27H,2-5,8H2,1H3/t9-,11+,12-,17-/m0/s1. The number of aliphatic hydroxyl groups excluding tert-OH is 2. The molecule has 8 nitrogen and oxygen atoms in total. The molecule has 0 aromatic heterocycles. The van der Waals surface area contributed by atoms with E-state index in [0.717, 1.165) is 6.07 Å². The van der Waals surface area contributed by atoms with Crippen molar-refractivity contribution in [2.75, 3.05) is 6.61 Å². The molecule has 0 unspecified atom stereocenters. The number of carbonyl (C=O) groups excluding carboxylic acids is 2. The average molecular weight is 400 g/mol. The van der Waals surface area contributed by atoms with Crippen LogP contribution in [0, 0.1) is 0 Å². The van der Waals surface area contributed by atoms with Gasteiger partial charge in [-0.25, -0.2) is 4.79 Å². The van der Waals surface area contributed by atoms with Gasteiger partial charge in [0.1, 0.15) is 35.0 Å². The first kappa shape index (κ1) is 21.3. The summed E-state index contributed by atoms with van der Waals surface area (Å²) in [6.45, 7) is 1.62. The summed E-state index contributed by atoms with van der Waals surface area (Å²) in [6, 6.07) is 2.18. The highest BCUT2D eigenvalue weighted by Gasteiger charge is 2.28. The molecule has 4 N–H and O–H groups in total. The van der Waals surface area contributed by atoms with Crippen LogP contribution in [0.4, 0.5) is 0 Å². The number of phenolic OH excluding ortho intramolecular Hbond substituents is 2. The van der Waals surface area contributed by atoms with Gasteiger partial charge in [0.15, 0.2) is 5.78 Å². The third kappa shape index (κ3) is 5.75. The topological polar surface area (TPSA) is 134 Å². The van der Waals surface area contributed by atoms with Crippen LogP contribution >= 0.6 is 12.6 Å². The summed E-state index contributed by atoms with van der Waals surface area (Å²) in [6.07, 6.45) is -2.93. The lowest BCUT2D eigenvalue weighted by Crippen LogP contribution is -2.35. The molecule has 0 saturated carbocycles. The molecule has 150 valence electrons. The predicted molar refractivity (Wildman–Crippen MR) is 98.4 cm³/mol. The van der Waals surface area contributed by atoms with Crippen LogP contribution in [0.25, 0.3) is 0 Å². The maximum absolute atomic E-state index is 12.4. The molecule has 0 fully saturated rings. The summed E-state index contributed by atoms with van der Waals surface area (Å²) in [5, 5.41) is 39.1. The van der Waals surface area contributed by atoms with Crippen LogP contribution in [-0.4, -0.2) is 62.3 Å². The second-order valence-corrected chi connectivity index (χ2v) is 7.35. The Labute approximate surface area is 162 Å². The minimum atomic E-state index is -1.52. The van der Waals surface area contributed by atoms with Gasteiger partial charge in [0.2, 0.25) is 0 Å². The van der Waals surface area contributed by atoms with Gasteiger partial charge in [-0.05, 0) is 26.2 Å². The SMILES string of the molecule is C[C@H]1C[C@@H](S)CC(=O)[C@@H](O)[C@@H](O)CCCOc2cc(O)cc(O)c2C(=O)O1. The molecule has 0 spiro atoms. The summed E-state index contributed by atoms with van der Waals surface area (Å²) in [5.41, 5.74) is -0.220. The number of fused-ring (bicyclic) bond motifs is 1. The molecule has 27 heavy (non-hydrogen) atoms. The number of carbonyl (C=O) groups is 2. The van der Waals surface area contributed by atoms with Crippen LogP contribution in [0.2, 0.25) is 0 Å². The fourth-order valence-electron chi connectivity index (χ4n) is 2.86. The van der Waals surface area contributed by atoms with Gasteiger partial charge in [-0.3, -0.25) is 4.79 Å². The molecule has 1 aliphatic heterocycles. The Morgan fingerprint density at radius 3 is 2.59 bits per heavy atom. The number of esters is 1. The van der Waals surface area contributed by atoms with E-state index in [-0.39, 0.29) is 49.4 Å². The van der Waals surface area contributed by atoms with E-state index in [9.17, 15) is 30.0 Å². The first-order valence-corrected chi connectivity index (χ1v) is 9.17. The van der Waals surface area contributed by atoms with Gasteiger partial charge in [0.25, 0.3) is 0 Å².